The highest BCUT2D eigenvalue weighted by molar-refractivity contribution is 6.32. The molecule has 0 spiro atoms. The van der Waals surface area contributed by atoms with Gasteiger partial charge in [0.05, 0.1) is 18.2 Å². The predicted octanol–water partition coefficient (Wildman–Crippen LogP) is 4.52. The second kappa shape index (κ2) is 7.81. The molecule has 1 aliphatic rings. The van der Waals surface area contributed by atoms with Crippen LogP contribution in [0.1, 0.15) is 49.4 Å². The first kappa shape index (κ1) is 16.3. The van der Waals surface area contributed by atoms with Crippen LogP contribution in [0.2, 0.25) is 5.02 Å². The molecule has 4 heteroatoms. The smallest absolute Gasteiger partial charge is 0.188 e. The zero-order valence-corrected chi connectivity index (χ0v) is 13.5. The lowest BCUT2D eigenvalue weighted by Crippen LogP contribution is -2.25. The first-order valence-corrected chi connectivity index (χ1v) is 8.00. The molecule has 1 fully saturated rings. The number of hydrogen-bond acceptors (Lipinski definition) is 3. The maximum Gasteiger partial charge on any atom is 0.188 e. The number of carbonyl (C=O) groups excluding carboxylic acids is 1. The summed E-state index contributed by atoms with van der Waals surface area (Å²) in [5, 5.41) is 0.451. The van der Waals surface area contributed by atoms with Gasteiger partial charge in [0.15, 0.2) is 5.78 Å². The molecule has 0 N–H and O–H groups in total. The highest BCUT2D eigenvalue weighted by Crippen LogP contribution is 2.29. The minimum absolute atomic E-state index is 0.0295. The molecule has 1 saturated carbocycles. The van der Waals surface area contributed by atoms with Gasteiger partial charge in [0.25, 0.3) is 0 Å². The molecule has 1 aromatic rings. The zero-order valence-electron chi connectivity index (χ0n) is 12.7. The molecule has 1 aromatic carbocycles. The minimum Gasteiger partial charge on any atom is -0.495 e. The summed E-state index contributed by atoms with van der Waals surface area (Å²) < 4.78 is 10.9. The van der Waals surface area contributed by atoms with Gasteiger partial charge in [0.2, 0.25) is 0 Å². The Morgan fingerprint density at radius 1 is 1.38 bits per heavy atom. The lowest BCUT2D eigenvalue weighted by atomic mass is 9.85. The van der Waals surface area contributed by atoms with Gasteiger partial charge in [-0.1, -0.05) is 37.8 Å². The number of halogens is 1. The Bertz CT molecular complexity index is 487. The molecule has 0 amide bonds. The maximum atomic E-state index is 12.2. The Labute approximate surface area is 131 Å². The van der Waals surface area contributed by atoms with E-state index in [1.54, 1.807) is 25.3 Å². The highest BCUT2D eigenvalue weighted by Gasteiger charge is 2.22. The van der Waals surface area contributed by atoms with E-state index in [0.717, 1.165) is 18.8 Å². The van der Waals surface area contributed by atoms with Gasteiger partial charge in [0.1, 0.15) is 12.4 Å². The Balaban J connectivity index is 1.88. The number of ether oxygens (including phenoxy) is 2. The van der Waals surface area contributed by atoms with Crippen molar-refractivity contribution in [2.75, 3.05) is 13.7 Å². The van der Waals surface area contributed by atoms with Gasteiger partial charge in [0, 0.05) is 5.56 Å². The largest absolute Gasteiger partial charge is 0.495 e. The molecule has 21 heavy (non-hydrogen) atoms. The van der Waals surface area contributed by atoms with Crippen molar-refractivity contribution in [1.82, 2.24) is 0 Å². The Hall–Kier alpha value is -1.06. The molecule has 0 aromatic heterocycles. The Kier molecular flexibility index (Phi) is 6.07. The Morgan fingerprint density at radius 2 is 2.19 bits per heavy atom. The van der Waals surface area contributed by atoms with Gasteiger partial charge in [-0.05, 0) is 37.0 Å². The first-order chi connectivity index (χ1) is 10.1. The van der Waals surface area contributed by atoms with Crippen LogP contribution in [0.25, 0.3) is 0 Å². The fourth-order valence-electron chi connectivity index (χ4n) is 2.88. The van der Waals surface area contributed by atoms with Crippen molar-refractivity contribution in [3.05, 3.63) is 28.8 Å². The third-order valence-electron chi connectivity index (χ3n) is 4.24. The molecule has 116 valence electrons. The molecule has 2 atom stereocenters. The number of carbonyl (C=O) groups is 1. The number of rotatable bonds is 6. The summed E-state index contributed by atoms with van der Waals surface area (Å²) in [6.07, 6.45) is 6.05. The summed E-state index contributed by atoms with van der Waals surface area (Å²) >= 11 is 6.04. The predicted molar refractivity (Wildman–Crippen MR) is 84.3 cm³/mol. The van der Waals surface area contributed by atoms with Crippen LogP contribution in [-0.2, 0) is 4.74 Å². The summed E-state index contributed by atoms with van der Waals surface area (Å²) in [4.78, 5) is 12.2. The summed E-state index contributed by atoms with van der Waals surface area (Å²) in [7, 11) is 1.55. The molecule has 0 radical (unpaired) electrons. The molecule has 2 rings (SSSR count). The molecular weight excluding hydrogens is 288 g/mol. The molecule has 0 bridgehead atoms. The number of methoxy groups -OCH3 is 1. The quantitative estimate of drug-likeness (QED) is 0.725. The molecular formula is C17H23ClO3. The number of benzene rings is 1. The minimum atomic E-state index is -0.0295. The van der Waals surface area contributed by atoms with Crippen molar-refractivity contribution in [1.29, 1.82) is 0 Å². The second-order valence-electron chi connectivity index (χ2n) is 5.65. The number of hydrogen-bond donors (Lipinski definition) is 0. The van der Waals surface area contributed by atoms with Gasteiger partial charge < -0.3 is 9.47 Å². The molecule has 0 aliphatic heterocycles. The average Bonchev–Trinajstić information content (AvgIpc) is 2.52. The molecule has 0 saturated heterocycles. The van der Waals surface area contributed by atoms with E-state index >= 15 is 0 Å². The van der Waals surface area contributed by atoms with Crippen LogP contribution >= 0.6 is 11.6 Å². The number of ketones is 1. The van der Waals surface area contributed by atoms with Crippen molar-refractivity contribution < 1.29 is 14.3 Å². The van der Waals surface area contributed by atoms with E-state index in [1.165, 1.54) is 19.3 Å². The van der Waals surface area contributed by atoms with Crippen molar-refractivity contribution in [3.63, 3.8) is 0 Å². The highest BCUT2D eigenvalue weighted by atomic mass is 35.5. The summed E-state index contributed by atoms with van der Waals surface area (Å²) in [6, 6.07) is 5.08. The first-order valence-electron chi connectivity index (χ1n) is 7.62. The fraction of sp³-hybridized carbons (Fsp3) is 0.588. The summed E-state index contributed by atoms with van der Waals surface area (Å²) in [6.45, 7) is 2.35. The standard InChI is InChI=1S/C17H23ClO3/c1-3-12-5-4-6-14(9-12)21-11-16(19)13-7-8-17(20-2)15(18)10-13/h7-8,10,12,14H,3-6,9,11H2,1-2H3. The van der Waals surface area contributed by atoms with E-state index in [4.69, 9.17) is 21.1 Å². The van der Waals surface area contributed by atoms with E-state index in [0.29, 0.717) is 16.3 Å². The Morgan fingerprint density at radius 3 is 2.86 bits per heavy atom. The van der Waals surface area contributed by atoms with Crippen LogP contribution in [0.5, 0.6) is 5.75 Å². The van der Waals surface area contributed by atoms with E-state index in [-0.39, 0.29) is 18.5 Å². The summed E-state index contributed by atoms with van der Waals surface area (Å²) in [5.41, 5.74) is 0.573. The lowest BCUT2D eigenvalue weighted by molar-refractivity contribution is 0.0156. The zero-order chi connectivity index (χ0) is 15.2. The van der Waals surface area contributed by atoms with Gasteiger partial charge in [-0.2, -0.15) is 0 Å². The van der Waals surface area contributed by atoms with Gasteiger partial charge in [-0.15, -0.1) is 0 Å². The van der Waals surface area contributed by atoms with E-state index in [9.17, 15) is 4.79 Å². The van der Waals surface area contributed by atoms with E-state index in [1.807, 2.05) is 0 Å². The summed E-state index contributed by atoms with van der Waals surface area (Å²) in [5.74, 6) is 1.29. The monoisotopic (exact) mass is 310 g/mol. The average molecular weight is 311 g/mol. The topological polar surface area (TPSA) is 35.5 Å². The van der Waals surface area contributed by atoms with Crippen LogP contribution in [0.15, 0.2) is 18.2 Å². The van der Waals surface area contributed by atoms with Gasteiger partial charge in [-0.3, -0.25) is 4.79 Å². The van der Waals surface area contributed by atoms with Crippen molar-refractivity contribution in [2.45, 2.75) is 45.1 Å². The lowest BCUT2D eigenvalue weighted by Gasteiger charge is -2.28. The van der Waals surface area contributed by atoms with Crippen LogP contribution in [0.3, 0.4) is 0 Å². The fourth-order valence-corrected chi connectivity index (χ4v) is 3.14. The molecule has 3 nitrogen and oxygen atoms in total. The molecule has 1 aliphatic carbocycles. The van der Waals surface area contributed by atoms with Crippen molar-refractivity contribution in [2.24, 2.45) is 5.92 Å². The molecule has 0 heterocycles. The van der Waals surface area contributed by atoms with Crippen LogP contribution in [-0.4, -0.2) is 25.6 Å². The van der Waals surface area contributed by atoms with Crippen LogP contribution < -0.4 is 4.74 Å². The second-order valence-corrected chi connectivity index (χ2v) is 6.05. The van der Waals surface area contributed by atoms with Gasteiger partial charge in [-0.25, -0.2) is 0 Å². The van der Waals surface area contributed by atoms with E-state index < -0.39 is 0 Å². The SMILES string of the molecule is CCC1CCCC(OCC(=O)c2ccc(OC)c(Cl)c2)C1. The normalized spacial score (nSPS) is 22.0. The van der Waals surface area contributed by atoms with Gasteiger partial charge >= 0.3 is 0 Å². The molecule has 2 unspecified atom stereocenters. The van der Waals surface area contributed by atoms with Crippen LogP contribution in [0, 0.1) is 5.92 Å². The van der Waals surface area contributed by atoms with Crippen molar-refractivity contribution in [3.8, 4) is 5.75 Å². The third-order valence-corrected chi connectivity index (χ3v) is 4.53. The van der Waals surface area contributed by atoms with E-state index in [2.05, 4.69) is 6.92 Å². The number of Topliss-reactive ketones (excluding diaryl/α,β-unsaturated/α-hetero) is 1. The van der Waals surface area contributed by atoms with Crippen molar-refractivity contribution >= 4 is 17.4 Å². The maximum absolute atomic E-state index is 12.2. The third kappa shape index (κ3) is 4.45. The van der Waals surface area contributed by atoms with Crippen LogP contribution in [0.4, 0.5) is 0 Å².